The van der Waals surface area contributed by atoms with Gasteiger partial charge < -0.3 is 9.47 Å². The zero-order valence-electron chi connectivity index (χ0n) is 13.9. The Kier molecular flexibility index (Phi) is 3.48. The first-order valence-corrected chi connectivity index (χ1v) is 9.04. The number of hydrogen-bond acceptors (Lipinski definition) is 3. The van der Waals surface area contributed by atoms with Crippen LogP contribution < -0.4 is 9.47 Å². The van der Waals surface area contributed by atoms with Crippen LogP contribution >= 0.6 is 0 Å². The van der Waals surface area contributed by atoms with E-state index in [2.05, 4.69) is 47.4 Å². The second-order valence-electron chi connectivity index (χ2n) is 7.39. The summed E-state index contributed by atoms with van der Waals surface area (Å²) in [4.78, 5) is 2.70. The molecule has 0 spiro atoms. The van der Waals surface area contributed by atoms with Crippen LogP contribution in [0.25, 0.3) is 0 Å². The van der Waals surface area contributed by atoms with Crippen LogP contribution in [0.1, 0.15) is 29.5 Å². The van der Waals surface area contributed by atoms with Gasteiger partial charge in [-0.2, -0.15) is 0 Å². The first-order valence-electron chi connectivity index (χ1n) is 9.04. The van der Waals surface area contributed by atoms with Crippen LogP contribution in [0.5, 0.6) is 11.5 Å². The topological polar surface area (TPSA) is 21.7 Å². The molecule has 1 aliphatic carbocycles. The number of hydrogen-bond donors (Lipinski definition) is 0. The molecule has 3 heteroatoms. The van der Waals surface area contributed by atoms with E-state index in [1.165, 1.54) is 37.8 Å². The second-order valence-corrected chi connectivity index (χ2v) is 7.39. The fourth-order valence-electron chi connectivity index (χ4n) is 4.57. The summed E-state index contributed by atoms with van der Waals surface area (Å²) in [5.74, 6) is 2.56. The van der Waals surface area contributed by atoms with E-state index in [9.17, 15) is 0 Å². The fraction of sp³-hybridized carbons (Fsp3) is 0.429. The van der Waals surface area contributed by atoms with Gasteiger partial charge >= 0.3 is 0 Å². The van der Waals surface area contributed by atoms with Gasteiger partial charge in [0.2, 0.25) is 6.79 Å². The molecule has 2 atom stereocenters. The summed E-state index contributed by atoms with van der Waals surface area (Å²) in [5.41, 5.74) is 4.47. The van der Waals surface area contributed by atoms with E-state index in [1.54, 1.807) is 11.1 Å². The average Bonchev–Trinajstić information content (AvgIpc) is 3.03. The van der Waals surface area contributed by atoms with Gasteiger partial charge in [-0.25, -0.2) is 0 Å². The van der Waals surface area contributed by atoms with Crippen molar-refractivity contribution in [1.29, 1.82) is 0 Å². The van der Waals surface area contributed by atoms with Gasteiger partial charge in [0.05, 0.1) is 0 Å². The maximum absolute atomic E-state index is 5.54. The monoisotopic (exact) mass is 321 g/mol. The molecule has 0 aromatic heterocycles. The smallest absolute Gasteiger partial charge is 0.231 e. The zero-order valence-corrected chi connectivity index (χ0v) is 13.9. The molecule has 0 saturated carbocycles. The van der Waals surface area contributed by atoms with Crippen molar-refractivity contribution in [3.63, 3.8) is 0 Å². The predicted molar refractivity (Wildman–Crippen MR) is 93.3 cm³/mol. The van der Waals surface area contributed by atoms with Crippen LogP contribution in [0.15, 0.2) is 42.5 Å². The van der Waals surface area contributed by atoms with Crippen molar-refractivity contribution in [2.45, 2.75) is 38.3 Å². The van der Waals surface area contributed by atoms with Gasteiger partial charge in [-0.3, -0.25) is 4.90 Å². The van der Waals surface area contributed by atoms with Crippen LogP contribution in [0, 0.1) is 5.92 Å². The van der Waals surface area contributed by atoms with E-state index in [4.69, 9.17) is 9.47 Å². The minimum atomic E-state index is 0.351. The van der Waals surface area contributed by atoms with Crippen molar-refractivity contribution in [1.82, 2.24) is 4.90 Å². The lowest BCUT2D eigenvalue weighted by Crippen LogP contribution is -2.46. The van der Waals surface area contributed by atoms with Gasteiger partial charge in [0.1, 0.15) is 0 Å². The van der Waals surface area contributed by atoms with Gasteiger partial charge in [0.15, 0.2) is 11.5 Å². The fourth-order valence-corrected chi connectivity index (χ4v) is 4.57. The van der Waals surface area contributed by atoms with Crippen LogP contribution in [-0.4, -0.2) is 24.3 Å². The highest BCUT2D eigenvalue weighted by atomic mass is 16.7. The molecule has 2 bridgehead atoms. The molecule has 0 radical (unpaired) electrons. The minimum absolute atomic E-state index is 0.351. The third-order valence-corrected chi connectivity index (χ3v) is 5.82. The van der Waals surface area contributed by atoms with Gasteiger partial charge in [0, 0.05) is 19.1 Å². The number of benzene rings is 2. The van der Waals surface area contributed by atoms with Crippen molar-refractivity contribution < 1.29 is 9.47 Å². The van der Waals surface area contributed by atoms with Crippen molar-refractivity contribution in [2.24, 2.45) is 5.92 Å². The lowest BCUT2D eigenvalue weighted by Gasteiger charge is -2.42. The highest BCUT2D eigenvalue weighted by Crippen LogP contribution is 2.35. The van der Waals surface area contributed by atoms with E-state index < -0.39 is 0 Å². The predicted octanol–water partition coefficient (Wildman–Crippen LogP) is 3.79. The van der Waals surface area contributed by atoms with Crippen molar-refractivity contribution >= 4 is 0 Å². The molecule has 3 heterocycles. The average molecular weight is 321 g/mol. The molecule has 4 aliphatic rings. The molecule has 2 aromatic rings. The zero-order chi connectivity index (χ0) is 15.9. The highest BCUT2D eigenvalue weighted by molar-refractivity contribution is 5.44. The highest BCUT2D eigenvalue weighted by Gasteiger charge is 2.31. The standard InChI is InChI=1S/C21H23NO2/c1-2-4-18-11-19-7-5-15(9-17(18)3-1)12-22(19)13-16-6-8-20-21(10-16)24-14-23-20/h1-4,6,8,10,15,19H,5,7,9,11-14H2/t15-,19+/m0/s1. The quantitative estimate of drug-likeness (QED) is 0.840. The van der Waals surface area contributed by atoms with Crippen molar-refractivity contribution in [3.05, 3.63) is 59.2 Å². The van der Waals surface area contributed by atoms with Crippen LogP contribution in [-0.2, 0) is 19.4 Å². The van der Waals surface area contributed by atoms with Gasteiger partial charge in [0.25, 0.3) is 0 Å². The Balaban J connectivity index is 1.39. The second kappa shape index (κ2) is 5.82. The van der Waals surface area contributed by atoms with Gasteiger partial charge in [-0.05, 0) is 60.4 Å². The summed E-state index contributed by atoms with van der Waals surface area (Å²) in [6, 6.07) is 16.1. The van der Waals surface area contributed by atoms with Crippen LogP contribution in [0.2, 0.25) is 0 Å². The summed E-state index contributed by atoms with van der Waals surface area (Å²) in [6.45, 7) is 2.58. The van der Waals surface area contributed by atoms with E-state index in [-0.39, 0.29) is 0 Å². The summed E-state index contributed by atoms with van der Waals surface area (Å²) in [5, 5.41) is 0. The SMILES string of the molecule is c1ccc2c(c1)C[C@@H]1CC[C@H](C2)N(Cc2ccc3c(c2)OCO3)C1. The minimum Gasteiger partial charge on any atom is -0.454 e. The molecule has 0 N–H and O–H groups in total. The molecular formula is C21H23NO2. The van der Waals surface area contributed by atoms with Crippen molar-refractivity contribution in [3.8, 4) is 11.5 Å². The van der Waals surface area contributed by atoms with Crippen LogP contribution in [0.4, 0.5) is 0 Å². The molecule has 1 saturated heterocycles. The summed E-state index contributed by atoms with van der Waals surface area (Å²) in [6.07, 6.45) is 5.12. The molecule has 0 unspecified atom stereocenters. The molecular weight excluding hydrogens is 298 g/mol. The molecule has 6 rings (SSSR count). The van der Waals surface area contributed by atoms with E-state index in [0.29, 0.717) is 12.8 Å². The third-order valence-electron chi connectivity index (χ3n) is 5.82. The number of ether oxygens (including phenoxy) is 2. The molecule has 2 aromatic carbocycles. The number of piperidine rings is 1. The molecule has 124 valence electrons. The lowest BCUT2D eigenvalue weighted by atomic mass is 9.80. The summed E-state index contributed by atoms with van der Waals surface area (Å²) < 4.78 is 11.0. The molecule has 1 fully saturated rings. The van der Waals surface area contributed by atoms with E-state index in [0.717, 1.165) is 24.0 Å². The van der Waals surface area contributed by atoms with E-state index >= 15 is 0 Å². The Morgan fingerprint density at radius 3 is 2.67 bits per heavy atom. The Hall–Kier alpha value is -2.00. The maximum Gasteiger partial charge on any atom is 0.231 e. The normalized spacial score (nSPS) is 25.2. The van der Waals surface area contributed by atoms with Gasteiger partial charge in [-0.15, -0.1) is 0 Å². The number of nitrogens with zero attached hydrogens (tertiary/aromatic N) is 1. The maximum atomic E-state index is 5.54. The lowest BCUT2D eigenvalue weighted by molar-refractivity contribution is 0.0937. The number of fused-ring (bicyclic) bond motifs is 3. The summed E-state index contributed by atoms with van der Waals surface area (Å²) >= 11 is 0. The van der Waals surface area contributed by atoms with Crippen molar-refractivity contribution in [2.75, 3.05) is 13.3 Å². The Labute approximate surface area is 143 Å². The summed E-state index contributed by atoms with van der Waals surface area (Å²) in [7, 11) is 0. The molecule has 3 nitrogen and oxygen atoms in total. The Bertz CT molecular complexity index is 757. The Morgan fingerprint density at radius 2 is 1.75 bits per heavy atom. The third kappa shape index (κ3) is 2.57. The molecule has 0 amide bonds. The number of rotatable bonds is 2. The first-order chi connectivity index (χ1) is 11.8. The van der Waals surface area contributed by atoms with E-state index in [1.807, 2.05) is 0 Å². The van der Waals surface area contributed by atoms with Gasteiger partial charge in [-0.1, -0.05) is 30.3 Å². The van der Waals surface area contributed by atoms with Crippen LogP contribution in [0.3, 0.4) is 0 Å². The Morgan fingerprint density at radius 1 is 0.917 bits per heavy atom. The molecule has 3 aliphatic heterocycles. The largest absolute Gasteiger partial charge is 0.454 e. The first kappa shape index (κ1) is 14.4. The molecule has 24 heavy (non-hydrogen) atoms.